The molecule has 0 aliphatic rings. The average Bonchev–Trinajstić information content (AvgIpc) is 3.22. The van der Waals surface area contributed by atoms with Gasteiger partial charge < -0.3 is 38.7 Å². The van der Waals surface area contributed by atoms with E-state index >= 15 is 0 Å². The van der Waals surface area contributed by atoms with Crippen molar-refractivity contribution in [3.63, 3.8) is 0 Å². The predicted octanol–water partition coefficient (Wildman–Crippen LogP) is 6.05. The molecule has 0 N–H and O–H groups in total. The van der Waals surface area contributed by atoms with Gasteiger partial charge in [0.25, 0.3) is 0 Å². The number of ketones is 2. The Morgan fingerprint density at radius 2 is 0.847 bits per heavy atom. The second-order valence-corrected chi connectivity index (χ2v) is 13.8. The fourth-order valence-corrected chi connectivity index (χ4v) is 5.62. The van der Waals surface area contributed by atoms with Crippen molar-refractivity contribution in [1.82, 2.24) is 0 Å². The third-order valence-electron chi connectivity index (χ3n) is 9.08. The highest BCUT2D eigenvalue weighted by molar-refractivity contribution is 6.03. The quantitative estimate of drug-likeness (QED) is 0.0746. The van der Waals surface area contributed by atoms with Crippen LogP contribution in [0.5, 0.6) is 11.5 Å². The Bertz CT molecular complexity index is 2010. The molecule has 2 atom stereocenters. The monoisotopic (exact) mass is 804 g/mol. The third kappa shape index (κ3) is 13.1. The molecule has 0 aromatic heterocycles. The maximum Gasteiger partial charge on any atom is 0.339 e. The Hall–Kier alpha value is -6.82. The molecule has 0 saturated heterocycles. The number of benzene rings is 4. The number of hydrogen-bond acceptors (Lipinski definition) is 12. The van der Waals surface area contributed by atoms with Crippen LogP contribution in [-0.4, -0.2) is 60.9 Å². The molecule has 310 valence electrons. The zero-order valence-electron chi connectivity index (χ0n) is 34.0. The molecule has 59 heavy (non-hydrogen) atoms. The van der Waals surface area contributed by atoms with Gasteiger partial charge >= 0.3 is 11.9 Å². The molecule has 4 aromatic rings. The third-order valence-corrected chi connectivity index (χ3v) is 9.08. The minimum atomic E-state index is -1.54. The van der Waals surface area contributed by atoms with E-state index in [9.17, 15) is 39.0 Å². The van der Waals surface area contributed by atoms with Crippen LogP contribution in [0.1, 0.15) is 107 Å². The molecule has 4 rings (SSSR count). The minimum absolute atomic E-state index is 0.197. The number of rotatable bonds is 20. The molecule has 0 bridgehead atoms. The van der Waals surface area contributed by atoms with E-state index in [0.29, 0.717) is 11.5 Å². The largest absolute Gasteiger partial charge is 0.545 e. The predicted molar refractivity (Wildman–Crippen MR) is 216 cm³/mol. The number of carboxylic acid groups (broad SMARTS) is 2. The molecule has 4 aromatic carbocycles. The van der Waals surface area contributed by atoms with E-state index in [1.54, 1.807) is 24.3 Å². The number of carbonyl (C=O) groups is 6. The summed E-state index contributed by atoms with van der Waals surface area (Å²) in [6.45, 7) is 18.0. The molecule has 0 aliphatic heterocycles. The molecule has 0 saturated carbocycles. The molecule has 0 spiro atoms. The first-order valence-corrected chi connectivity index (χ1v) is 18.8. The van der Waals surface area contributed by atoms with Gasteiger partial charge in [0, 0.05) is 16.5 Å². The van der Waals surface area contributed by atoms with Crippen molar-refractivity contribution in [2.45, 2.75) is 72.0 Å². The number of carbonyl (C=O) groups excluding carboxylic acids is 6. The van der Waals surface area contributed by atoms with E-state index in [4.69, 9.17) is 18.9 Å². The van der Waals surface area contributed by atoms with Crippen molar-refractivity contribution < 1.29 is 57.9 Å². The number of hydrogen-bond donors (Lipinski definition) is 0. The van der Waals surface area contributed by atoms with Gasteiger partial charge in [-0.15, -0.1) is 0 Å². The molecule has 12 heteroatoms. The number of ether oxygens (including phenoxy) is 4. The summed E-state index contributed by atoms with van der Waals surface area (Å²) in [6.07, 6.45) is -2.55. The smallest absolute Gasteiger partial charge is 0.339 e. The van der Waals surface area contributed by atoms with E-state index in [-0.39, 0.29) is 71.0 Å². The highest BCUT2D eigenvalue weighted by Gasteiger charge is 2.26. The first kappa shape index (κ1) is 46.6. The summed E-state index contributed by atoms with van der Waals surface area (Å²) in [7, 11) is 0. The van der Waals surface area contributed by atoms with Gasteiger partial charge in [0.15, 0.2) is 11.6 Å². The standard InChI is InChI=1S/C45H44O12.C2H6/c1-27(2)39(46)23-33(56-43(52)37-13-9-7-11-35(37)41(48)49)25-54-31-19-15-29(16-20-31)45(5,6)30-17-21-32(22-18-30)55-26-34(24-40(47)28(3)4)57-44(53)38-14-10-8-12-36(38)42(50)51;1-2/h7-22,33-34H,1,3,23-26H2,2,4-6H3,(H,48,49)(H,50,51);1-2H3/p-2. The number of Topliss-reactive ketones (excluding diaryl/α,β-unsaturated/α-hetero) is 2. The van der Waals surface area contributed by atoms with Gasteiger partial charge in [-0.1, -0.05) is 102 Å². The number of carboxylic acids is 2. The normalized spacial score (nSPS) is 11.7. The highest BCUT2D eigenvalue weighted by Crippen LogP contribution is 2.33. The summed E-state index contributed by atoms with van der Waals surface area (Å²) in [4.78, 5) is 73.9. The van der Waals surface area contributed by atoms with Crippen LogP contribution in [0.3, 0.4) is 0 Å². The number of aromatic carboxylic acids is 2. The maximum atomic E-state index is 12.9. The van der Waals surface area contributed by atoms with Gasteiger partial charge in [0.2, 0.25) is 0 Å². The number of allylic oxidation sites excluding steroid dienone is 2. The molecule has 12 nitrogen and oxygen atoms in total. The molecular weight excluding hydrogens is 757 g/mol. The van der Waals surface area contributed by atoms with Crippen molar-refractivity contribution >= 4 is 35.4 Å². The van der Waals surface area contributed by atoms with E-state index in [0.717, 1.165) is 11.1 Å². The molecule has 0 aliphatic carbocycles. The SMILES string of the molecule is C=C(C)C(=O)CC(COc1ccc(C(C)(C)c2ccc(OCC(CC(=O)C(=C)C)OC(=O)c3ccccc3C(=O)[O-])cc2)cc1)OC(=O)c1ccccc1C(=O)[O-].CC. The summed E-state index contributed by atoms with van der Waals surface area (Å²) in [5.74, 6) is -4.80. The molecule has 0 fully saturated rings. The topological polar surface area (TPSA) is 185 Å². The van der Waals surface area contributed by atoms with Crippen LogP contribution >= 0.6 is 0 Å². The lowest BCUT2D eigenvalue weighted by molar-refractivity contribution is -0.256. The Balaban J connectivity index is 0.00000458. The molecule has 2 unspecified atom stereocenters. The van der Waals surface area contributed by atoms with Crippen LogP contribution in [0.2, 0.25) is 0 Å². The maximum absolute atomic E-state index is 12.9. The zero-order chi connectivity index (χ0) is 43.9. The Morgan fingerprint density at radius 1 is 0.542 bits per heavy atom. The van der Waals surface area contributed by atoms with Crippen LogP contribution in [0, 0.1) is 0 Å². The van der Waals surface area contributed by atoms with Crippen molar-refractivity contribution in [2.75, 3.05) is 13.2 Å². The Morgan fingerprint density at radius 3 is 1.14 bits per heavy atom. The van der Waals surface area contributed by atoms with Crippen molar-refractivity contribution in [2.24, 2.45) is 0 Å². The molecular formula is C47H48O12-2. The lowest BCUT2D eigenvalue weighted by atomic mass is 9.78. The van der Waals surface area contributed by atoms with Crippen LogP contribution in [0.25, 0.3) is 0 Å². The van der Waals surface area contributed by atoms with E-state index in [1.165, 1.54) is 62.4 Å². The molecule has 0 amide bonds. The fourth-order valence-electron chi connectivity index (χ4n) is 5.62. The minimum Gasteiger partial charge on any atom is -0.545 e. The van der Waals surface area contributed by atoms with Gasteiger partial charge in [0.1, 0.15) is 36.9 Å². The van der Waals surface area contributed by atoms with Crippen LogP contribution in [0.15, 0.2) is 121 Å². The summed E-state index contributed by atoms with van der Waals surface area (Å²) < 4.78 is 22.9. The first-order valence-electron chi connectivity index (χ1n) is 18.8. The summed E-state index contributed by atoms with van der Waals surface area (Å²) in [5, 5.41) is 23.0. The van der Waals surface area contributed by atoms with E-state index in [1.807, 2.05) is 52.0 Å². The Labute approximate surface area is 344 Å². The average molecular weight is 805 g/mol. The van der Waals surface area contributed by atoms with Crippen LogP contribution in [-0.2, 0) is 24.5 Å². The second kappa shape index (κ2) is 21.6. The zero-order valence-corrected chi connectivity index (χ0v) is 34.0. The highest BCUT2D eigenvalue weighted by atomic mass is 16.6. The van der Waals surface area contributed by atoms with Crippen molar-refractivity contribution in [1.29, 1.82) is 0 Å². The number of esters is 2. The van der Waals surface area contributed by atoms with E-state index < -0.39 is 41.5 Å². The van der Waals surface area contributed by atoms with Gasteiger partial charge in [-0.25, -0.2) is 9.59 Å². The lowest BCUT2D eigenvalue weighted by Gasteiger charge is -2.27. The van der Waals surface area contributed by atoms with Crippen LogP contribution < -0.4 is 19.7 Å². The van der Waals surface area contributed by atoms with Crippen molar-refractivity contribution in [3.05, 3.63) is 155 Å². The van der Waals surface area contributed by atoms with Gasteiger partial charge in [-0.2, -0.15) is 0 Å². The fraction of sp³-hybridized carbons (Fsp3) is 0.277. The second-order valence-electron chi connectivity index (χ2n) is 13.8. The Kier molecular flexibility index (Phi) is 17.1. The summed E-state index contributed by atoms with van der Waals surface area (Å²) in [6, 6.07) is 25.3. The molecule has 0 radical (unpaired) electrons. The lowest BCUT2D eigenvalue weighted by Crippen LogP contribution is -2.30. The summed E-state index contributed by atoms with van der Waals surface area (Å²) >= 11 is 0. The van der Waals surface area contributed by atoms with Gasteiger partial charge in [-0.05, 0) is 72.5 Å². The first-order chi connectivity index (χ1) is 28.0. The summed E-state index contributed by atoms with van der Waals surface area (Å²) in [5.41, 5.74) is 0.755. The molecule has 0 heterocycles. The van der Waals surface area contributed by atoms with Gasteiger partial charge in [0.05, 0.1) is 35.9 Å². The van der Waals surface area contributed by atoms with Gasteiger partial charge in [-0.3, -0.25) is 9.59 Å². The van der Waals surface area contributed by atoms with Crippen molar-refractivity contribution in [3.8, 4) is 11.5 Å². The van der Waals surface area contributed by atoms with E-state index in [2.05, 4.69) is 13.2 Å². The van der Waals surface area contributed by atoms with Crippen LogP contribution in [0.4, 0.5) is 0 Å².